The van der Waals surface area contributed by atoms with Crippen LogP contribution in [0, 0.1) is 16.7 Å². The lowest BCUT2D eigenvalue weighted by atomic mass is 10.0. The van der Waals surface area contributed by atoms with E-state index in [1.54, 1.807) is 31.3 Å². The number of aromatic nitrogens is 2. The van der Waals surface area contributed by atoms with Crippen molar-refractivity contribution in [2.45, 2.75) is 40.2 Å². The average Bonchev–Trinajstić information content (AvgIpc) is 3.12. The van der Waals surface area contributed by atoms with Gasteiger partial charge in [-0.3, -0.25) is 9.59 Å². The Morgan fingerprint density at radius 3 is 2.26 bits per heavy atom. The van der Waals surface area contributed by atoms with Crippen molar-refractivity contribution in [3.8, 4) is 16.9 Å². The van der Waals surface area contributed by atoms with Gasteiger partial charge < -0.3 is 15.2 Å². The van der Waals surface area contributed by atoms with Gasteiger partial charge in [-0.15, -0.1) is 0 Å². The molecule has 0 saturated heterocycles. The molecule has 0 unspecified atom stereocenters. The number of carbonyl (C=O) groups excluding carboxylic acids is 1. The Hall–Kier alpha value is -3.16. The van der Waals surface area contributed by atoms with Crippen LogP contribution in [0.4, 0.5) is 0 Å². The standard InChI is InChI=1S/C23H29N3O5/c1-22(2)18(23(22,3)4)19(27)25-15(21(29)30)11-13-7-9-14(10-8-13)17-16(31-6)12-24-26(5)20(17)28/h7-10,12,15,18H,11H2,1-6H3,(H,25,27)(H,29,30)/t15-/m0/s1. The molecule has 3 rings (SSSR count). The number of carboxylic acid groups (broad SMARTS) is 1. The van der Waals surface area contributed by atoms with E-state index >= 15 is 0 Å². The van der Waals surface area contributed by atoms with Crippen molar-refractivity contribution in [1.82, 2.24) is 15.1 Å². The highest BCUT2D eigenvalue weighted by atomic mass is 16.5. The van der Waals surface area contributed by atoms with Crippen molar-refractivity contribution < 1.29 is 19.4 Å². The summed E-state index contributed by atoms with van der Waals surface area (Å²) >= 11 is 0. The third-order valence-corrected chi connectivity index (χ3v) is 6.90. The summed E-state index contributed by atoms with van der Waals surface area (Å²) in [5.74, 6) is -1.18. The first-order chi connectivity index (χ1) is 14.4. The normalized spacial score (nSPS) is 17.6. The van der Waals surface area contributed by atoms with Crippen molar-refractivity contribution in [2.75, 3.05) is 7.11 Å². The molecular formula is C23H29N3O5. The first-order valence-electron chi connectivity index (χ1n) is 10.1. The van der Waals surface area contributed by atoms with Crippen LogP contribution in [-0.2, 0) is 23.1 Å². The smallest absolute Gasteiger partial charge is 0.326 e. The van der Waals surface area contributed by atoms with Crippen LogP contribution in [-0.4, -0.2) is 39.9 Å². The Morgan fingerprint density at radius 1 is 1.19 bits per heavy atom. The minimum absolute atomic E-state index is 0.139. The number of amides is 1. The van der Waals surface area contributed by atoms with Gasteiger partial charge in [0.1, 0.15) is 6.04 Å². The first kappa shape index (κ1) is 22.5. The maximum atomic E-state index is 12.7. The molecule has 0 spiro atoms. The molecule has 1 atom stereocenters. The lowest BCUT2D eigenvalue weighted by Gasteiger charge is -2.16. The summed E-state index contributed by atoms with van der Waals surface area (Å²) in [5.41, 5.74) is 1.12. The summed E-state index contributed by atoms with van der Waals surface area (Å²) in [5, 5.41) is 16.3. The molecule has 1 aromatic heterocycles. The summed E-state index contributed by atoms with van der Waals surface area (Å²) in [7, 11) is 3.03. The third kappa shape index (κ3) is 3.94. The fourth-order valence-electron chi connectivity index (χ4n) is 4.29. The predicted molar refractivity (Wildman–Crippen MR) is 116 cm³/mol. The number of benzene rings is 1. The highest BCUT2D eigenvalue weighted by Gasteiger charge is 2.68. The molecule has 166 valence electrons. The number of aryl methyl sites for hydroxylation is 1. The number of hydrogen-bond donors (Lipinski definition) is 2. The molecule has 8 heteroatoms. The summed E-state index contributed by atoms with van der Waals surface area (Å²) in [6, 6.07) is 5.95. The van der Waals surface area contributed by atoms with E-state index in [4.69, 9.17) is 4.74 Å². The Balaban J connectivity index is 1.78. The number of nitrogens with zero attached hydrogens (tertiary/aromatic N) is 2. The van der Waals surface area contributed by atoms with Crippen LogP contribution in [0.15, 0.2) is 35.3 Å². The van der Waals surface area contributed by atoms with E-state index in [-0.39, 0.29) is 34.6 Å². The molecule has 31 heavy (non-hydrogen) atoms. The molecule has 1 heterocycles. The Bertz CT molecular complexity index is 1060. The summed E-state index contributed by atoms with van der Waals surface area (Å²) in [4.78, 5) is 37.0. The van der Waals surface area contributed by atoms with Gasteiger partial charge in [0, 0.05) is 19.4 Å². The van der Waals surface area contributed by atoms with E-state index in [9.17, 15) is 19.5 Å². The van der Waals surface area contributed by atoms with Crippen molar-refractivity contribution in [3.05, 3.63) is 46.4 Å². The van der Waals surface area contributed by atoms with Crippen LogP contribution in [0.5, 0.6) is 5.75 Å². The zero-order valence-electron chi connectivity index (χ0n) is 18.7. The van der Waals surface area contributed by atoms with Crippen molar-refractivity contribution >= 4 is 11.9 Å². The molecule has 0 aliphatic heterocycles. The van der Waals surface area contributed by atoms with E-state index in [2.05, 4.69) is 10.4 Å². The van der Waals surface area contributed by atoms with Gasteiger partial charge in [0.05, 0.1) is 18.9 Å². The van der Waals surface area contributed by atoms with Crippen molar-refractivity contribution in [2.24, 2.45) is 23.8 Å². The molecule has 2 N–H and O–H groups in total. The summed E-state index contributed by atoms with van der Waals surface area (Å²) in [6.45, 7) is 8.07. The van der Waals surface area contributed by atoms with Crippen LogP contribution < -0.4 is 15.6 Å². The van der Waals surface area contributed by atoms with Crippen LogP contribution >= 0.6 is 0 Å². The number of carbonyl (C=O) groups is 2. The maximum absolute atomic E-state index is 12.7. The number of nitrogens with one attached hydrogen (secondary N) is 1. The topological polar surface area (TPSA) is 111 Å². The highest BCUT2D eigenvalue weighted by molar-refractivity contribution is 5.88. The molecule has 1 aliphatic rings. The number of methoxy groups -OCH3 is 1. The zero-order chi connectivity index (χ0) is 23.1. The lowest BCUT2D eigenvalue weighted by molar-refractivity contribution is -0.142. The average molecular weight is 428 g/mol. The molecule has 1 fully saturated rings. The summed E-state index contributed by atoms with van der Waals surface area (Å²) < 4.78 is 6.49. The third-order valence-electron chi connectivity index (χ3n) is 6.90. The molecule has 1 aliphatic carbocycles. The molecule has 2 aromatic rings. The zero-order valence-corrected chi connectivity index (χ0v) is 18.7. The molecular weight excluding hydrogens is 398 g/mol. The second kappa shape index (κ2) is 7.83. The van der Waals surface area contributed by atoms with E-state index in [1.807, 2.05) is 27.7 Å². The van der Waals surface area contributed by atoms with E-state index < -0.39 is 12.0 Å². The fraction of sp³-hybridized carbons (Fsp3) is 0.478. The van der Waals surface area contributed by atoms with Gasteiger partial charge in [-0.1, -0.05) is 52.0 Å². The van der Waals surface area contributed by atoms with E-state index in [0.717, 1.165) is 5.56 Å². The second-order valence-electron chi connectivity index (χ2n) is 9.19. The highest BCUT2D eigenvalue weighted by Crippen LogP contribution is 2.68. The molecule has 8 nitrogen and oxygen atoms in total. The Morgan fingerprint density at radius 2 is 1.77 bits per heavy atom. The largest absolute Gasteiger partial charge is 0.494 e. The van der Waals surface area contributed by atoms with Gasteiger partial charge in [0.25, 0.3) is 5.56 Å². The van der Waals surface area contributed by atoms with Crippen LogP contribution in [0.25, 0.3) is 11.1 Å². The quantitative estimate of drug-likeness (QED) is 0.701. The Labute approximate surface area is 181 Å². The molecule has 1 saturated carbocycles. The predicted octanol–water partition coefficient (Wildman–Crippen LogP) is 2.25. The maximum Gasteiger partial charge on any atom is 0.326 e. The first-order valence-corrected chi connectivity index (χ1v) is 10.1. The number of ether oxygens (including phenoxy) is 1. The number of carboxylic acids is 1. The molecule has 0 radical (unpaired) electrons. The number of hydrogen-bond acceptors (Lipinski definition) is 5. The van der Waals surface area contributed by atoms with E-state index in [0.29, 0.717) is 16.9 Å². The van der Waals surface area contributed by atoms with Gasteiger partial charge in [-0.05, 0) is 22.0 Å². The lowest BCUT2D eigenvalue weighted by Crippen LogP contribution is -2.43. The SMILES string of the molecule is COc1cnn(C)c(=O)c1-c1ccc(C[C@H](NC(=O)C2C(C)(C)C2(C)C)C(=O)O)cc1. The van der Waals surface area contributed by atoms with Crippen molar-refractivity contribution in [1.29, 1.82) is 0 Å². The van der Waals surface area contributed by atoms with Gasteiger partial charge in [0.15, 0.2) is 5.75 Å². The Kier molecular flexibility index (Phi) is 5.69. The van der Waals surface area contributed by atoms with Crippen molar-refractivity contribution in [3.63, 3.8) is 0 Å². The monoisotopic (exact) mass is 427 g/mol. The molecule has 1 aromatic carbocycles. The minimum Gasteiger partial charge on any atom is -0.494 e. The molecule has 1 amide bonds. The second-order valence-corrected chi connectivity index (χ2v) is 9.19. The fourth-order valence-corrected chi connectivity index (χ4v) is 4.29. The summed E-state index contributed by atoms with van der Waals surface area (Å²) in [6.07, 6.45) is 1.61. The van der Waals surface area contributed by atoms with Crippen LogP contribution in [0.1, 0.15) is 33.3 Å². The van der Waals surface area contributed by atoms with Crippen LogP contribution in [0.3, 0.4) is 0 Å². The number of rotatable bonds is 7. The van der Waals surface area contributed by atoms with Gasteiger partial charge in [0.2, 0.25) is 5.91 Å². The van der Waals surface area contributed by atoms with Gasteiger partial charge in [-0.25, -0.2) is 9.48 Å². The minimum atomic E-state index is -1.08. The number of aliphatic carboxylic acids is 1. The van der Waals surface area contributed by atoms with Gasteiger partial charge >= 0.3 is 5.97 Å². The molecule has 0 bridgehead atoms. The van der Waals surface area contributed by atoms with Crippen LogP contribution in [0.2, 0.25) is 0 Å². The van der Waals surface area contributed by atoms with E-state index in [1.165, 1.54) is 18.0 Å². The van der Waals surface area contributed by atoms with Gasteiger partial charge in [-0.2, -0.15) is 5.10 Å².